The average molecular weight is 342 g/mol. The van der Waals surface area contributed by atoms with E-state index in [1.54, 1.807) is 0 Å². The van der Waals surface area contributed by atoms with Crippen molar-refractivity contribution in [1.29, 1.82) is 0 Å². The van der Waals surface area contributed by atoms with Crippen molar-refractivity contribution in [3.8, 4) is 0 Å². The van der Waals surface area contributed by atoms with Crippen LogP contribution in [0.2, 0.25) is 0 Å². The molecule has 1 aromatic rings. The van der Waals surface area contributed by atoms with Gasteiger partial charge in [-0.15, -0.1) is 10.2 Å². The number of imide groups is 1. The first-order chi connectivity index (χ1) is 10.8. The molecular weight excluding hydrogens is 320 g/mol. The van der Waals surface area contributed by atoms with Gasteiger partial charge in [0.05, 0.1) is 5.25 Å². The molecule has 4 amide bonds. The number of nitrogens with one attached hydrogen (secondary N) is 1. The second-order valence-electron chi connectivity index (χ2n) is 5.25. The Morgan fingerprint density at radius 2 is 1.91 bits per heavy atom. The average Bonchev–Trinajstić information content (AvgIpc) is 2.82. The number of hydrogen-bond acceptors (Lipinski definition) is 6. The largest absolute Gasteiger partial charge is 0.370 e. The standard InChI is InChI=1S/C13H22N6O3S/c1-4-19-9(6-5-8(14)20)17-18-13(19)23-10(7(2)3)11(21)16-12(15)22/h7,10H,4-6H2,1-3H3,(H2,14,20)(H3,15,16,21,22)/t10-/m0/s1. The highest BCUT2D eigenvalue weighted by atomic mass is 32.2. The van der Waals surface area contributed by atoms with Gasteiger partial charge in [0.1, 0.15) is 5.82 Å². The number of aromatic nitrogens is 3. The van der Waals surface area contributed by atoms with Gasteiger partial charge in [-0.1, -0.05) is 25.6 Å². The molecule has 5 N–H and O–H groups in total. The molecule has 1 heterocycles. The molecule has 0 radical (unpaired) electrons. The Balaban J connectivity index is 2.93. The minimum absolute atomic E-state index is 0.0459. The topological polar surface area (TPSA) is 146 Å². The summed E-state index contributed by atoms with van der Waals surface area (Å²) >= 11 is 1.21. The third-order valence-corrected chi connectivity index (χ3v) is 4.57. The predicted octanol–water partition coefficient (Wildman–Crippen LogP) is 0.0275. The predicted molar refractivity (Wildman–Crippen MR) is 85.4 cm³/mol. The number of nitrogens with two attached hydrogens (primary N) is 2. The summed E-state index contributed by atoms with van der Waals surface area (Å²) in [7, 11) is 0. The van der Waals surface area contributed by atoms with E-state index in [9.17, 15) is 14.4 Å². The van der Waals surface area contributed by atoms with Crippen LogP contribution >= 0.6 is 11.8 Å². The van der Waals surface area contributed by atoms with Crippen LogP contribution in [0.3, 0.4) is 0 Å². The van der Waals surface area contributed by atoms with E-state index < -0.39 is 23.1 Å². The van der Waals surface area contributed by atoms with Crippen molar-refractivity contribution in [2.75, 3.05) is 0 Å². The van der Waals surface area contributed by atoms with Gasteiger partial charge in [0.25, 0.3) is 0 Å². The van der Waals surface area contributed by atoms with E-state index in [0.29, 0.717) is 23.9 Å². The van der Waals surface area contributed by atoms with Crippen molar-refractivity contribution >= 4 is 29.6 Å². The number of rotatable bonds is 8. The molecule has 23 heavy (non-hydrogen) atoms. The molecule has 1 atom stereocenters. The summed E-state index contributed by atoms with van der Waals surface area (Å²) in [5.41, 5.74) is 10.1. The maximum absolute atomic E-state index is 12.1. The SMILES string of the molecule is CCn1c(CCC(N)=O)nnc1S[C@H](C(=O)NC(N)=O)C(C)C. The molecule has 0 aliphatic rings. The highest BCUT2D eigenvalue weighted by Crippen LogP contribution is 2.27. The molecule has 0 aromatic carbocycles. The quantitative estimate of drug-likeness (QED) is 0.568. The highest BCUT2D eigenvalue weighted by Gasteiger charge is 2.27. The molecule has 0 aliphatic heterocycles. The fourth-order valence-corrected chi connectivity index (χ4v) is 3.06. The minimum Gasteiger partial charge on any atom is -0.370 e. The monoisotopic (exact) mass is 342 g/mol. The minimum atomic E-state index is -0.889. The Labute approximate surface area is 138 Å². The second-order valence-corrected chi connectivity index (χ2v) is 6.35. The summed E-state index contributed by atoms with van der Waals surface area (Å²) in [6.07, 6.45) is 0.565. The lowest BCUT2D eigenvalue weighted by Gasteiger charge is -2.18. The van der Waals surface area contributed by atoms with Crippen LogP contribution in [0.15, 0.2) is 5.16 Å². The zero-order valence-electron chi connectivity index (χ0n) is 13.4. The summed E-state index contributed by atoms with van der Waals surface area (Å²) in [6, 6.07) is -0.889. The number of carbonyl (C=O) groups excluding carboxylic acids is 3. The Hall–Kier alpha value is -2.10. The number of thioether (sulfide) groups is 1. The van der Waals surface area contributed by atoms with Crippen molar-refractivity contribution in [1.82, 2.24) is 20.1 Å². The van der Waals surface area contributed by atoms with Gasteiger partial charge in [-0.2, -0.15) is 0 Å². The number of aryl methyl sites for hydroxylation is 1. The van der Waals surface area contributed by atoms with Crippen molar-refractivity contribution in [3.05, 3.63) is 5.82 Å². The zero-order valence-corrected chi connectivity index (χ0v) is 14.2. The van der Waals surface area contributed by atoms with Crippen LogP contribution in [0.1, 0.15) is 33.0 Å². The fourth-order valence-electron chi connectivity index (χ4n) is 1.94. The first kappa shape index (κ1) is 18.9. The molecule has 0 unspecified atom stereocenters. The maximum Gasteiger partial charge on any atom is 0.318 e. The number of nitrogens with zero attached hydrogens (tertiary/aromatic N) is 3. The summed E-state index contributed by atoms with van der Waals surface area (Å²) in [5.74, 6) is -0.297. The van der Waals surface area contributed by atoms with Gasteiger partial charge < -0.3 is 16.0 Å². The zero-order chi connectivity index (χ0) is 17.6. The first-order valence-electron chi connectivity index (χ1n) is 7.23. The smallest absolute Gasteiger partial charge is 0.318 e. The summed E-state index contributed by atoms with van der Waals surface area (Å²) in [4.78, 5) is 33.8. The lowest BCUT2D eigenvalue weighted by atomic mass is 10.1. The van der Waals surface area contributed by atoms with Crippen LogP contribution in [-0.4, -0.2) is 37.9 Å². The summed E-state index contributed by atoms with van der Waals surface area (Å²) in [6.45, 7) is 6.22. The summed E-state index contributed by atoms with van der Waals surface area (Å²) < 4.78 is 1.82. The molecule has 128 valence electrons. The van der Waals surface area contributed by atoms with Gasteiger partial charge >= 0.3 is 6.03 Å². The molecular formula is C13H22N6O3S. The lowest BCUT2D eigenvalue weighted by Crippen LogP contribution is -2.42. The van der Waals surface area contributed by atoms with E-state index >= 15 is 0 Å². The van der Waals surface area contributed by atoms with Crippen molar-refractivity contribution in [3.63, 3.8) is 0 Å². The van der Waals surface area contributed by atoms with Gasteiger partial charge in [0.2, 0.25) is 11.8 Å². The fraction of sp³-hybridized carbons (Fsp3) is 0.615. The van der Waals surface area contributed by atoms with Crippen molar-refractivity contribution in [2.45, 2.75) is 50.6 Å². The molecule has 1 aromatic heterocycles. The Kier molecular flexibility index (Phi) is 7.01. The highest BCUT2D eigenvalue weighted by molar-refractivity contribution is 8.00. The lowest BCUT2D eigenvalue weighted by molar-refractivity contribution is -0.120. The van der Waals surface area contributed by atoms with Crippen LogP contribution in [0.5, 0.6) is 0 Å². The Morgan fingerprint density at radius 1 is 1.26 bits per heavy atom. The van der Waals surface area contributed by atoms with E-state index in [1.807, 2.05) is 25.3 Å². The molecule has 0 aliphatic carbocycles. The molecule has 0 saturated heterocycles. The molecule has 0 fully saturated rings. The van der Waals surface area contributed by atoms with Gasteiger partial charge in [0.15, 0.2) is 5.16 Å². The molecule has 9 nitrogen and oxygen atoms in total. The third kappa shape index (κ3) is 5.55. The van der Waals surface area contributed by atoms with Gasteiger partial charge in [-0.05, 0) is 12.8 Å². The Morgan fingerprint density at radius 3 is 2.39 bits per heavy atom. The molecule has 10 heteroatoms. The van der Waals surface area contributed by atoms with Crippen LogP contribution in [-0.2, 0) is 22.6 Å². The molecule has 0 bridgehead atoms. The van der Waals surface area contributed by atoms with Crippen LogP contribution in [0.25, 0.3) is 0 Å². The van der Waals surface area contributed by atoms with E-state index in [2.05, 4.69) is 15.5 Å². The number of hydrogen-bond donors (Lipinski definition) is 3. The first-order valence-corrected chi connectivity index (χ1v) is 8.11. The third-order valence-electron chi connectivity index (χ3n) is 3.05. The van der Waals surface area contributed by atoms with E-state index in [4.69, 9.17) is 11.5 Å². The van der Waals surface area contributed by atoms with Crippen LogP contribution in [0, 0.1) is 5.92 Å². The molecule has 0 saturated carbocycles. The number of urea groups is 1. The number of carbonyl (C=O) groups is 3. The Bertz CT molecular complexity index is 586. The van der Waals surface area contributed by atoms with Gasteiger partial charge in [-0.3, -0.25) is 14.9 Å². The van der Waals surface area contributed by atoms with Gasteiger partial charge in [-0.25, -0.2) is 4.79 Å². The van der Waals surface area contributed by atoms with Crippen LogP contribution in [0.4, 0.5) is 4.79 Å². The van der Waals surface area contributed by atoms with Crippen molar-refractivity contribution in [2.24, 2.45) is 17.4 Å². The van der Waals surface area contributed by atoms with Crippen LogP contribution < -0.4 is 16.8 Å². The van der Waals surface area contributed by atoms with Gasteiger partial charge in [0, 0.05) is 19.4 Å². The van der Waals surface area contributed by atoms with E-state index in [-0.39, 0.29) is 12.3 Å². The number of amides is 4. The number of primary amides is 2. The maximum atomic E-state index is 12.1. The molecule has 1 rings (SSSR count). The molecule has 0 spiro atoms. The van der Waals surface area contributed by atoms with E-state index in [0.717, 1.165) is 0 Å². The van der Waals surface area contributed by atoms with E-state index in [1.165, 1.54) is 11.8 Å². The van der Waals surface area contributed by atoms with Crippen molar-refractivity contribution < 1.29 is 14.4 Å². The normalized spacial score (nSPS) is 12.2. The summed E-state index contributed by atoms with van der Waals surface area (Å²) in [5, 5.41) is 10.2. The second kappa shape index (κ2) is 8.51.